The van der Waals surface area contributed by atoms with E-state index in [-0.39, 0.29) is 11.9 Å². The van der Waals surface area contributed by atoms with Crippen LogP contribution < -0.4 is 10.6 Å². The predicted octanol–water partition coefficient (Wildman–Crippen LogP) is 0.158. The summed E-state index contributed by atoms with van der Waals surface area (Å²) in [5.41, 5.74) is 0. The molecule has 1 heterocycles. The Morgan fingerprint density at radius 3 is 3.23 bits per heavy atom. The Labute approximate surface area is 78.3 Å². The molecule has 0 saturated carbocycles. The molecule has 1 saturated heterocycles. The number of unbranched alkanes of at least 4 members (excludes halogenated alkanes) is 1. The summed E-state index contributed by atoms with van der Waals surface area (Å²) in [5, 5.41) is 14.2. The summed E-state index contributed by atoms with van der Waals surface area (Å²) in [6.07, 6.45) is 3.33. The van der Waals surface area contributed by atoms with Gasteiger partial charge in [-0.3, -0.25) is 4.79 Å². The number of carbonyl (C=O) groups is 1. The van der Waals surface area contributed by atoms with Crippen molar-refractivity contribution in [1.29, 1.82) is 5.26 Å². The molecule has 4 nitrogen and oxygen atoms in total. The molecule has 1 unspecified atom stereocenters. The fourth-order valence-electron chi connectivity index (χ4n) is 1.41. The van der Waals surface area contributed by atoms with Gasteiger partial charge in [-0.05, 0) is 25.8 Å². The number of rotatable bonds is 4. The van der Waals surface area contributed by atoms with Gasteiger partial charge in [-0.25, -0.2) is 0 Å². The van der Waals surface area contributed by atoms with Gasteiger partial charge < -0.3 is 10.6 Å². The Morgan fingerprint density at radius 2 is 2.54 bits per heavy atom. The molecule has 0 aromatic carbocycles. The molecule has 1 fully saturated rings. The number of amides is 1. The molecular formula is C9H15N3O. The molecule has 0 spiro atoms. The topological polar surface area (TPSA) is 64.9 Å². The Balaban J connectivity index is 2.12. The lowest BCUT2D eigenvalue weighted by Crippen LogP contribution is -2.48. The minimum absolute atomic E-state index is 0.0348. The van der Waals surface area contributed by atoms with E-state index in [0.717, 1.165) is 32.4 Å². The van der Waals surface area contributed by atoms with Crippen molar-refractivity contribution in [3.8, 4) is 6.07 Å². The van der Waals surface area contributed by atoms with Crippen LogP contribution in [0.4, 0.5) is 0 Å². The van der Waals surface area contributed by atoms with Crippen LogP contribution in [0.5, 0.6) is 0 Å². The van der Waals surface area contributed by atoms with Crippen molar-refractivity contribution < 1.29 is 4.79 Å². The fourth-order valence-corrected chi connectivity index (χ4v) is 1.41. The third kappa shape index (κ3) is 3.43. The van der Waals surface area contributed by atoms with Crippen LogP contribution in [0.1, 0.15) is 25.7 Å². The van der Waals surface area contributed by atoms with E-state index in [1.165, 1.54) is 0 Å². The second kappa shape index (κ2) is 5.55. The van der Waals surface area contributed by atoms with Gasteiger partial charge in [0.15, 0.2) is 0 Å². The molecule has 72 valence electrons. The minimum atomic E-state index is -0.0348. The first-order valence-corrected chi connectivity index (χ1v) is 4.72. The van der Waals surface area contributed by atoms with Crippen molar-refractivity contribution in [3.05, 3.63) is 0 Å². The average molecular weight is 181 g/mol. The van der Waals surface area contributed by atoms with Gasteiger partial charge in [0.25, 0.3) is 0 Å². The third-order valence-electron chi connectivity index (χ3n) is 2.14. The van der Waals surface area contributed by atoms with Crippen molar-refractivity contribution in [2.24, 2.45) is 0 Å². The van der Waals surface area contributed by atoms with E-state index in [1.807, 2.05) is 0 Å². The second-order valence-corrected chi connectivity index (χ2v) is 3.20. The highest BCUT2D eigenvalue weighted by Crippen LogP contribution is 2.02. The lowest BCUT2D eigenvalue weighted by atomic mass is 10.1. The van der Waals surface area contributed by atoms with E-state index in [1.54, 1.807) is 0 Å². The quantitative estimate of drug-likeness (QED) is 0.607. The van der Waals surface area contributed by atoms with Crippen molar-refractivity contribution in [1.82, 2.24) is 10.6 Å². The number of nitriles is 1. The Bertz CT molecular complexity index is 209. The summed E-state index contributed by atoms with van der Waals surface area (Å²) in [6, 6.07) is 2.04. The van der Waals surface area contributed by atoms with E-state index in [4.69, 9.17) is 5.26 Å². The molecule has 2 N–H and O–H groups in total. The third-order valence-corrected chi connectivity index (χ3v) is 2.14. The van der Waals surface area contributed by atoms with Crippen LogP contribution in [0.25, 0.3) is 0 Å². The molecular weight excluding hydrogens is 166 g/mol. The molecule has 0 bridgehead atoms. The molecule has 0 aromatic rings. The summed E-state index contributed by atoms with van der Waals surface area (Å²) in [6.45, 7) is 1.56. The Morgan fingerprint density at radius 1 is 1.69 bits per heavy atom. The average Bonchev–Trinajstić information content (AvgIpc) is 2.15. The van der Waals surface area contributed by atoms with Gasteiger partial charge in [0.2, 0.25) is 5.91 Å². The first-order valence-electron chi connectivity index (χ1n) is 4.72. The van der Waals surface area contributed by atoms with Crippen molar-refractivity contribution in [3.63, 3.8) is 0 Å². The second-order valence-electron chi connectivity index (χ2n) is 3.20. The zero-order valence-electron chi connectivity index (χ0n) is 7.68. The number of hydrogen-bond acceptors (Lipinski definition) is 3. The van der Waals surface area contributed by atoms with Gasteiger partial charge >= 0.3 is 0 Å². The van der Waals surface area contributed by atoms with Crippen LogP contribution in [0.15, 0.2) is 0 Å². The van der Waals surface area contributed by atoms with Crippen LogP contribution in [0.2, 0.25) is 0 Å². The molecule has 0 aromatic heterocycles. The molecule has 1 aliphatic heterocycles. The van der Waals surface area contributed by atoms with Crippen LogP contribution in [-0.4, -0.2) is 25.0 Å². The highest BCUT2D eigenvalue weighted by molar-refractivity contribution is 5.82. The van der Waals surface area contributed by atoms with Crippen molar-refractivity contribution in [2.45, 2.75) is 31.7 Å². The zero-order valence-corrected chi connectivity index (χ0v) is 7.68. The summed E-state index contributed by atoms with van der Waals surface area (Å²) < 4.78 is 0. The zero-order chi connectivity index (χ0) is 9.52. The number of nitrogens with one attached hydrogen (secondary N) is 2. The highest BCUT2D eigenvalue weighted by Gasteiger charge is 2.20. The molecule has 0 aliphatic carbocycles. The van der Waals surface area contributed by atoms with Gasteiger partial charge in [0.1, 0.15) is 0 Å². The molecule has 1 amide bonds. The maximum Gasteiger partial charge on any atom is 0.237 e. The summed E-state index contributed by atoms with van der Waals surface area (Å²) in [5.74, 6) is 0.100. The minimum Gasteiger partial charge on any atom is -0.355 e. The lowest BCUT2D eigenvalue weighted by Gasteiger charge is -2.22. The van der Waals surface area contributed by atoms with Crippen LogP contribution >= 0.6 is 0 Å². The molecule has 1 atom stereocenters. The summed E-state index contributed by atoms with van der Waals surface area (Å²) in [4.78, 5) is 11.2. The van der Waals surface area contributed by atoms with E-state index in [9.17, 15) is 4.79 Å². The highest BCUT2D eigenvalue weighted by atomic mass is 16.2. The van der Waals surface area contributed by atoms with Gasteiger partial charge in [0, 0.05) is 13.0 Å². The number of nitrogens with zero attached hydrogens (tertiary/aromatic N) is 1. The Hall–Kier alpha value is -1.08. The van der Waals surface area contributed by atoms with E-state index >= 15 is 0 Å². The van der Waals surface area contributed by atoms with Crippen LogP contribution in [-0.2, 0) is 4.79 Å². The lowest BCUT2D eigenvalue weighted by molar-refractivity contribution is -0.124. The van der Waals surface area contributed by atoms with Crippen molar-refractivity contribution in [2.75, 3.05) is 13.1 Å². The first kappa shape index (κ1) is 10.0. The van der Waals surface area contributed by atoms with Crippen molar-refractivity contribution >= 4 is 5.91 Å². The number of carbonyl (C=O) groups excluding carboxylic acids is 1. The standard InChI is InChI=1S/C9H15N3O/c10-5-1-2-6-11-8-4-3-7-12-9(8)13/h8,11H,1-4,6-7H2,(H,12,13). The predicted molar refractivity (Wildman–Crippen MR) is 48.9 cm³/mol. The van der Waals surface area contributed by atoms with Gasteiger partial charge in [-0.2, -0.15) is 5.26 Å². The number of piperidine rings is 1. The van der Waals surface area contributed by atoms with E-state index in [2.05, 4.69) is 16.7 Å². The molecule has 13 heavy (non-hydrogen) atoms. The van der Waals surface area contributed by atoms with Crippen LogP contribution in [0.3, 0.4) is 0 Å². The SMILES string of the molecule is N#CCCCNC1CCCNC1=O. The molecule has 0 radical (unpaired) electrons. The fraction of sp³-hybridized carbons (Fsp3) is 0.778. The van der Waals surface area contributed by atoms with Gasteiger partial charge in [-0.15, -0.1) is 0 Å². The normalized spacial score (nSPS) is 22.1. The molecule has 1 aliphatic rings. The maximum absolute atomic E-state index is 11.2. The Kier molecular flexibility index (Phi) is 4.27. The maximum atomic E-state index is 11.2. The monoisotopic (exact) mass is 181 g/mol. The van der Waals surface area contributed by atoms with E-state index < -0.39 is 0 Å². The molecule has 1 rings (SSSR count). The van der Waals surface area contributed by atoms with E-state index in [0.29, 0.717) is 6.42 Å². The number of hydrogen-bond donors (Lipinski definition) is 2. The van der Waals surface area contributed by atoms with Gasteiger partial charge in [-0.1, -0.05) is 0 Å². The smallest absolute Gasteiger partial charge is 0.237 e. The summed E-state index contributed by atoms with van der Waals surface area (Å²) >= 11 is 0. The molecule has 4 heteroatoms. The first-order chi connectivity index (χ1) is 6.34. The van der Waals surface area contributed by atoms with Crippen LogP contribution in [0, 0.1) is 11.3 Å². The largest absolute Gasteiger partial charge is 0.355 e. The summed E-state index contributed by atoms with van der Waals surface area (Å²) in [7, 11) is 0. The van der Waals surface area contributed by atoms with Gasteiger partial charge in [0.05, 0.1) is 12.1 Å².